The SMILES string of the molecule is C.CC(C)(C)C.CC=O.CCCC(CC(C)CC(C)C)/C(C)=C/C(CC)C(=O)CC(C)C.CCCSC.CCOCCC(C)C.CN.P.[HH].[HH].[HH]. The zero-order valence-electron chi connectivity index (χ0n) is 35.8. The molecule has 0 spiro atoms. The number of aldehydes is 1. The van der Waals surface area contributed by atoms with Gasteiger partial charge in [0.15, 0.2) is 0 Å². The van der Waals surface area contributed by atoms with Crippen molar-refractivity contribution in [2.75, 3.05) is 32.3 Å². The molecule has 48 heavy (non-hydrogen) atoms. The number of ether oxygens (including phenoxy) is 1. The van der Waals surface area contributed by atoms with Crippen LogP contribution in [0.5, 0.6) is 0 Å². The Morgan fingerprint density at radius 3 is 1.58 bits per heavy atom. The van der Waals surface area contributed by atoms with Crippen LogP contribution in [0, 0.1) is 40.9 Å². The highest BCUT2D eigenvalue weighted by molar-refractivity contribution is 7.98. The Kier molecular flexibility index (Phi) is 67.3. The van der Waals surface area contributed by atoms with Gasteiger partial charge in [0.05, 0.1) is 0 Å². The largest absolute Gasteiger partial charge is 0.382 e. The number of Topliss-reactive ketones (excluding diaryl/α,β-unsaturated/α-hetero) is 1. The summed E-state index contributed by atoms with van der Waals surface area (Å²) in [6, 6.07) is 0. The Morgan fingerprint density at radius 2 is 1.31 bits per heavy atom. The third kappa shape index (κ3) is 71.7. The van der Waals surface area contributed by atoms with E-state index < -0.39 is 0 Å². The van der Waals surface area contributed by atoms with E-state index in [2.05, 4.69) is 122 Å². The first kappa shape index (κ1) is 66.1. The molecule has 0 heterocycles. The fourth-order valence-corrected chi connectivity index (χ4v) is 4.79. The van der Waals surface area contributed by atoms with Crippen molar-refractivity contribution in [2.24, 2.45) is 46.7 Å². The van der Waals surface area contributed by atoms with Crippen LogP contribution in [-0.4, -0.2) is 44.3 Å². The molecule has 4 nitrogen and oxygen atoms in total. The standard InChI is InChI=1S/C22H42O.C7H16O.C5H12.C4H10S.C2H4O.CH5N.CH4.H3P.3H2/c1-9-11-21(14-18(7)12-16(3)4)19(8)15-20(10-2)22(23)13-17(5)6;1-4-8-6-5-7(2)3;1-5(2,3)4;1-3-4-5-2;1-2-3;1-2;;;;;/h15-18,20-21H,9-14H2,1-8H3;7H,4-6H2,1-3H3;1-4H3;3-4H2,1-2H3;2H,1H3;2H2,1H3;1H4;1H3;3*1H/b19-15+;;;;;;;;;;. The van der Waals surface area contributed by atoms with Crippen LogP contribution < -0.4 is 5.73 Å². The summed E-state index contributed by atoms with van der Waals surface area (Å²) in [7, 11) is 1.50. The predicted octanol–water partition coefficient (Wildman–Crippen LogP) is 14.2. The number of thioether (sulfide) groups is 1. The lowest BCUT2D eigenvalue weighted by atomic mass is 9.81. The highest BCUT2D eigenvalue weighted by Crippen LogP contribution is 2.29. The highest BCUT2D eigenvalue weighted by atomic mass is 32.2. The molecular formula is C42H102NO3PS. The van der Waals surface area contributed by atoms with Gasteiger partial charge in [0.2, 0.25) is 0 Å². The molecule has 0 amide bonds. The Labute approximate surface area is 318 Å². The number of hydrogen-bond acceptors (Lipinski definition) is 5. The number of carbonyl (C=O) groups excluding carboxylic acids is 2. The molecule has 0 saturated carbocycles. The minimum atomic E-state index is 0. The Hall–Kier alpha value is -0.220. The molecule has 304 valence electrons. The minimum Gasteiger partial charge on any atom is -0.382 e. The predicted molar refractivity (Wildman–Crippen MR) is 239 cm³/mol. The fraction of sp³-hybridized carbons (Fsp3) is 0.905. The number of nitrogens with two attached hydrogens (primary N) is 1. The van der Waals surface area contributed by atoms with Crippen molar-refractivity contribution in [2.45, 2.75) is 176 Å². The molecule has 4 atom stereocenters. The number of carbonyl (C=O) groups is 2. The van der Waals surface area contributed by atoms with E-state index in [1.807, 2.05) is 18.7 Å². The molecule has 4 unspecified atom stereocenters. The maximum absolute atomic E-state index is 12.4. The maximum atomic E-state index is 12.4. The van der Waals surface area contributed by atoms with Gasteiger partial charge in [0, 0.05) is 29.8 Å². The Morgan fingerprint density at radius 1 is 0.854 bits per heavy atom. The van der Waals surface area contributed by atoms with Crippen molar-refractivity contribution < 1.29 is 18.6 Å². The van der Waals surface area contributed by atoms with Gasteiger partial charge >= 0.3 is 0 Å². The average molecular weight is 732 g/mol. The van der Waals surface area contributed by atoms with Crippen LogP contribution >= 0.6 is 21.7 Å². The third-order valence-electron chi connectivity index (χ3n) is 6.22. The second kappa shape index (κ2) is 48.9. The minimum absolute atomic E-state index is 0. The molecule has 0 saturated heterocycles. The maximum Gasteiger partial charge on any atom is 0.139 e. The molecule has 0 fully saturated rings. The normalized spacial score (nSPS) is 12.3. The van der Waals surface area contributed by atoms with Gasteiger partial charge in [-0.3, -0.25) is 4.79 Å². The van der Waals surface area contributed by atoms with Crippen LogP contribution in [0.15, 0.2) is 11.6 Å². The number of hydrogen-bond donors (Lipinski definition) is 1. The molecule has 6 heteroatoms. The summed E-state index contributed by atoms with van der Waals surface area (Å²) in [6.07, 6.45) is 14.4. The van der Waals surface area contributed by atoms with Gasteiger partial charge in [-0.15, -0.1) is 0 Å². The summed E-state index contributed by atoms with van der Waals surface area (Å²) in [5, 5.41) is 0. The van der Waals surface area contributed by atoms with Crippen LogP contribution in [0.2, 0.25) is 0 Å². The summed E-state index contributed by atoms with van der Waals surface area (Å²) < 4.78 is 5.14. The van der Waals surface area contributed by atoms with Crippen LogP contribution in [0.3, 0.4) is 0 Å². The van der Waals surface area contributed by atoms with Gasteiger partial charge in [0.1, 0.15) is 12.1 Å². The molecule has 0 bridgehead atoms. The first-order chi connectivity index (χ1) is 21.3. The topological polar surface area (TPSA) is 69.4 Å². The average Bonchev–Trinajstić information content (AvgIpc) is 2.92. The first-order valence-electron chi connectivity index (χ1n) is 18.6. The molecule has 0 aromatic rings. The van der Waals surface area contributed by atoms with E-state index in [0.717, 1.165) is 43.7 Å². The van der Waals surface area contributed by atoms with Gasteiger partial charge in [0.25, 0.3) is 0 Å². The van der Waals surface area contributed by atoms with E-state index in [4.69, 9.17) is 9.53 Å². The summed E-state index contributed by atoms with van der Waals surface area (Å²) >= 11 is 1.90. The second-order valence-corrected chi connectivity index (χ2v) is 16.0. The van der Waals surface area contributed by atoms with Crippen molar-refractivity contribution in [3.05, 3.63) is 11.6 Å². The zero-order chi connectivity index (χ0) is 37.7. The monoisotopic (exact) mass is 732 g/mol. The van der Waals surface area contributed by atoms with Crippen LogP contribution in [0.25, 0.3) is 0 Å². The van der Waals surface area contributed by atoms with Crippen LogP contribution in [0.1, 0.15) is 181 Å². The molecule has 0 aromatic carbocycles. The van der Waals surface area contributed by atoms with E-state index in [0.29, 0.717) is 29.5 Å². The quantitative estimate of drug-likeness (QED) is 0.0658. The molecule has 0 aliphatic carbocycles. The number of allylic oxidation sites excluding steroid dienone is 2. The summed E-state index contributed by atoms with van der Waals surface area (Å²) in [5.41, 5.74) is 6.45. The lowest BCUT2D eigenvalue weighted by Crippen LogP contribution is -2.16. The summed E-state index contributed by atoms with van der Waals surface area (Å²) in [4.78, 5) is 21.2. The zero-order valence-corrected chi connectivity index (χ0v) is 38.0. The molecule has 0 rings (SSSR count). The molecule has 0 aliphatic rings. The molecule has 2 N–H and O–H groups in total. The van der Waals surface area contributed by atoms with Gasteiger partial charge in [-0.25, -0.2) is 0 Å². The van der Waals surface area contributed by atoms with Crippen molar-refractivity contribution in [1.29, 1.82) is 0 Å². The van der Waals surface area contributed by atoms with E-state index in [-0.39, 0.29) is 27.5 Å². The number of ketones is 1. The van der Waals surface area contributed by atoms with Crippen molar-refractivity contribution in [1.82, 2.24) is 0 Å². The third-order valence-corrected chi connectivity index (χ3v) is 7.04. The van der Waals surface area contributed by atoms with Gasteiger partial charge in [-0.1, -0.05) is 122 Å². The lowest BCUT2D eigenvalue weighted by Gasteiger charge is -2.24. The summed E-state index contributed by atoms with van der Waals surface area (Å²) in [5.74, 6) is 5.28. The first-order valence-corrected chi connectivity index (χ1v) is 20.0. The van der Waals surface area contributed by atoms with Crippen molar-refractivity contribution in [3.8, 4) is 0 Å². The van der Waals surface area contributed by atoms with Crippen LogP contribution in [-0.2, 0) is 14.3 Å². The smallest absolute Gasteiger partial charge is 0.139 e. The van der Waals surface area contributed by atoms with E-state index >= 15 is 0 Å². The molecule has 0 radical (unpaired) electrons. The lowest BCUT2D eigenvalue weighted by molar-refractivity contribution is -0.122. The molecular weight excluding hydrogens is 630 g/mol. The molecule has 0 aromatic heterocycles. The molecule has 0 aliphatic heterocycles. The fourth-order valence-electron chi connectivity index (χ4n) is 4.38. The Balaban J connectivity index is -0.0000000526. The van der Waals surface area contributed by atoms with Crippen molar-refractivity contribution in [3.63, 3.8) is 0 Å². The number of rotatable bonds is 18. The Bertz CT molecular complexity index is 639. The van der Waals surface area contributed by atoms with Gasteiger partial charge < -0.3 is 15.3 Å². The van der Waals surface area contributed by atoms with E-state index in [9.17, 15) is 4.79 Å². The van der Waals surface area contributed by atoms with Crippen LogP contribution in [0.4, 0.5) is 0 Å². The van der Waals surface area contributed by atoms with Crippen molar-refractivity contribution >= 4 is 33.7 Å². The van der Waals surface area contributed by atoms with E-state index in [1.165, 1.54) is 63.8 Å². The van der Waals surface area contributed by atoms with Gasteiger partial charge in [-0.2, -0.15) is 21.7 Å². The van der Waals surface area contributed by atoms with E-state index in [1.54, 1.807) is 0 Å². The highest BCUT2D eigenvalue weighted by Gasteiger charge is 2.19. The second-order valence-electron chi connectivity index (χ2n) is 15.1. The summed E-state index contributed by atoms with van der Waals surface area (Å²) in [6.45, 7) is 38.6. The van der Waals surface area contributed by atoms with Gasteiger partial charge in [-0.05, 0) is 113 Å².